The van der Waals surface area contributed by atoms with E-state index in [0.29, 0.717) is 25.6 Å². The van der Waals surface area contributed by atoms with Crippen molar-refractivity contribution in [1.29, 1.82) is 0 Å². The lowest BCUT2D eigenvalue weighted by Gasteiger charge is -2.35. The Kier molecular flexibility index (Phi) is 5.37. The average Bonchev–Trinajstić information content (AvgIpc) is 2.97. The SMILES string of the molecule is CCCNC(CN1CCN(C)C(=O)C1=O)C1CCOC1. The first kappa shape index (κ1) is 15.3. The van der Waals surface area contributed by atoms with Gasteiger partial charge in [0.2, 0.25) is 0 Å². The number of piperazine rings is 1. The molecule has 20 heavy (non-hydrogen) atoms. The standard InChI is InChI=1S/C14H25N3O3/c1-3-5-15-12(11-4-8-20-10-11)9-17-7-6-16(2)13(18)14(17)19/h11-12,15H,3-10H2,1-2H3. The molecule has 0 spiro atoms. The number of amides is 2. The molecule has 2 rings (SSSR count). The van der Waals surface area contributed by atoms with Gasteiger partial charge in [-0.1, -0.05) is 6.92 Å². The van der Waals surface area contributed by atoms with Crippen LogP contribution in [0, 0.1) is 5.92 Å². The largest absolute Gasteiger partial charge is 0.381 e. The van der Waals surface area contributed by atoms with Crippen LogP contribution in [0.3, 0.4) is 0 Å². The predicted molar refractivity (Wildman–Crippen MR) is 75.2 cm³/mol. The molecule has 0 aromatic rings. The summed E-state index contributed by atoms with van der Waals surface area (Å²) < 4.78 is 5.45. The monoisotopic (exact) mass is 283 g/mol. The van der Waals surface area contributed by atoms with Crippen LogP contribution in [0.1, 0.15) is 19.8 Å². The summed E-state index contributed by atoms with van der Waals surface area (Å²) in [6.45, 7) is 6.44. The smallest absolute Gasteiger partial charge is 0.312 e. The molecule has 2 atom stereocenters. The lowest BCUT2D eigenvalue weighted by atomic mass is 9.98. The van der Waals surface area contributed by atoms with Crippen LogP contribution >= 0.6 is 0 Å². The van der Waals surface area contributed by atoms with Gasteiger partial charge in [-0.15, -0.1) is 0 Å². The van der Waals surface area contributed by atoms with Crippen LogP contribution in [-0.4, -0.2) is 74.1 Å². The Morgan fingerprint density at radius 3 is 2.80 bits per heavy atom. The molecule has 0 aliphatic carbocycles. The topological polar surface area (TPSA) is 61.9 Å². The molecule has 1 N–H and O–H groups in total. The highest BCUT2D eigenvalue weighted by Crippen LogP contribution is 2.18. The van der Waals surface area contributed by atoms with Crippen molar-refractivity contribution in [1.82, 2.24) is 15.1 Å². The van der Waals surface area contributed by atoms with E-state index in [-0.39, 0.29) is 11.9 Å². The first-order valence-corrected chi connectivity index (χ1v) is 7.49. The second kappa shape index (κ2) is 7.04. The van der Waals surface area contributed by atoms with E-state index in [1.807, 2.05) is 0 Å². The van der Waals surface area contributed by atoms with Gasteiger partial charge >= 0.3 is 11.8 Å². The molecule has 0 aromatic carbocycles. The number of nitrogens with one attached hydrogen (secondary N) is 1. The van der Waals surface area contributed by atoms with Gasteiger partial charge in [0.15, 0.2) is 0 Å². The van der Waals surface area contributed by atoms with E-state index >= 15 is 0 Å². The van der Waals surface area contributed by atoms with Crippen LogP contribution in [0.4, 0.5) is 0 Å². The van der Waals surface area contributed by atoms with E-state index in [4.69, 9.17) is 4.74 Å². The van der Waals surface area contributed by atoms with Gasteiger partial charge in [0.1, 0.15) is 0 Å². The molecule has 0 bridgehead atoms. The summed E-state index contributed by atoms with van der Waals surface area (Å²) >= 11 is 0. The van der Waals surface area contributed by atoms with Gasteiger partial charge in [-0.25, -0.2) is 0 Å². The van der Waals surface area contributed by atoms with Gasteiger partial charge in [0, 0.05) is 45.2 Å². The molecule has 2 aliphatic rings. The Labute approximate surface area is 120 Å². The second-order valence-corrected chi connectivity index (χ2v) is 5.66. The molecular weight excluding hydrogens is 258 g/mol. The highest BCUT2D eigenvalue weighted by molar-refractivity contribution is 6.35. The van der Waals surface area contributed by atoms with Crippen molar-refractivity contribution in [2.45, 2.75) is 25.8 Å². The fourth-order valence-electron chi connectivity index (χ4n) is 2.76. The summed E-state index contributed by atoms with van der Waals surface area (Å²) in [5, 5.41) is 3.51. The maximum atomic E-state index is 12.0. The fraction of sp³-hybridized carbons (Fsp3) is 0.857. The van der Waals surface area contributed by atoms with Crippen molar-refractivity contribution in [3.8, 4) is 0 Å². The van der Waals surface area contributed by atoms with Crippen LogP contribution in [0.5, 0.6) is 0 Å². The normalized spacial score (nSPS) is 25.4. The minimum Gasteiger partial charge on any atom is -0.381 e. The molecule has 0 aromatic heterocycles. The van der Waals surface area contributed by atoms with Crippen molar-refractivity contribution in [2.75, 3.05) is 46.4 Å². The lowest BCUT2D eigenvalue weighted by Crippen LogP contribution is -2.57. The first-order valence-electron chi connectivity index (χ1n) is 7.49. The molecular formula is C14H25N3O3. The molecule has 0 saturated carbocycles. The molecule has 2 unspecified atom stereocenters. The lowest BCUT2D eigenvalue weighted by molar-refractivity contribution is -0.155. The van der Waals surface area contributed by atoms with Gasteiger partial charge in [-0.05, 0) is 19.4 Å². The van der Waals surface area contributed by atoms with E-state index in [2.05, 4.69) is 12.2 Å². The summed E-state index contributed by atoms with van der Waals surface area (Å²) in [6.07, 6.45) is 2.08. The third kappa shape index (κ3) is 3.49. The summed E-state index contributed by atoms with van der Waals surface area (Å²) in [7, 11) is 1.68. The molecule has 2 heterocycles. The van der Waals surface area contributed by atoms with Gasteiger partial charge < -0.3 is 19.9 Å². The Balaban J connectivity index is 1.95. The summed E-state index contributed by atoms with van der Waals surface area (Å²) in [6, 6.07) is 0.220. The van der Waals surface area contributed by atoms with E-state index in [0.717, 1.165) is 32.6 Å². The molecule has 2 saturated heterocycles. The fourth-order valence-corrected chi connectivity index (χ4v) is 2.76. The number of likely N-dealkylation sites (N-methyl/N-ethyl adjacent to an activating group) is 1. The Hall–Kier alpha value is -1.14. The van der Waals surface area contributed by atoms with Gasteiger partial charge in [0.25, 0.3) is 0 Å². The van der Waals surface area contributed by atoms with E-state index in [1.165, 1.54) is 4.90 Å². The number of hydrogen-bond donors (Lipinski definition) is 1. The van der Waals surface area contributed by atoms with Crippen LogP contribution in [-0.2, 0) is 14.3 Å². The predicted octanol–water partition coefficient (Wildman–Crippen LogP) is -0.308. The number of carbonyl (C=O) groups excluding carboxylic acids is 2. The van der Waals surface area contributed by atoms with Crippen molar-refractivity contribution in [2.24, 2.45) is 5.92 Å². The van der Waals surface area contributed by atoms with Crippen molar-refractivity contribution >= 4 is 11.8 Å². The minimum absolute atomic E-state index is 0.220. The van der Waals surface area contributed by atoms with Gasteiger partial charge in [-0.2, -0.15) is 0 Å². The molecule has 2 fully saturated rings. The minimum atomic E-state index is -0.395. The van der Waals surface area contributed by atoms with E-state index < -0.39 is 5.91 Å². The zero-order valence-corrected chi connectivity index (χ0v) is 12.4. The number of ether oxygens (including phenoxy) is 1. The average molecular weight is 283 g/mol. The Morgan fingerprint density at radius 1 is 1.35 bits per heavy atom. The second-order valence-electron chi connectivity index (χ2n) is 5.66. The highest BCUT2D eigenvalue weighted by Gasteiger charge is 2.34. The Morgan fingerprint density at radius 2 is 2.15 bits per heavy atom. The number of hydrogen-bond acceptors (Lipinski definition) is 4. The molecule has 6 nitrogen and oxygen atoms in total. The number of nitrogens with zero attached hydrogens (tertiary/aromatic N) is 2. The van der Waals surface area contributed by atoms with Crippen molar-refractivity contribution < 1.29 is 14.3 Å². The maximum absolute atomic E-state index is 12.0. The molecule has 2 aliphatic heterocycles. The number of carbonyl (C=O) groups is 2. The highest BCUT2D eigenvalue weighted by atomic mass is 16.5. The van der Waals surface area contributed by atoms with Crippen LogP contribution in [0.2, 0.25) is 0 Å². The maximum Gasteiger partial charge on any atom is 0.312 e. The van der Waals surface area contributed by atoms with Crippen LogP contribution in [0.25, 0.3) is 0 Å². The van der Waals surface area contributed by atoms with Crippen LogP contribution in [0.15, 0.2) is 0 Å². The third-order valence-electron chi connectivity index (χ3n) is 4.13. The van der Waals surface area contributed by atoms with E-state index in [9.17, 15) is 9.59 Å². The van der Waals surface area contributed by atoms with Crippen molar-refractivity contribution in [3.05, 3.63) is 0 Å². The van der Waals surface area contributed by atoms with E-state index in [1.54, 1.807) is 11.9 Å². The molecule has 0 radical (unpaired) electrons. The summed E-state index contributed by atoms with van der Waals surface area (Å²) in [4.78, 5) is 27.0. The number of rotatable bonds is 6. The molecule has 2 amide bonds. The van der Waals surface area contributed by atoms with Gasteiger partial charge in [-0.3, -0.25) is 9.59 Å². The Bertz CT molecular complexity index is 356. The van der Waals surface area contributed by atoms with Gasteiger partial charge in [0.05, 0.1) is 6.61 Å². The summed E-state index contributed by atoms with van der Waals surface area (Å²) in [5.74, 6) is -0.335. The first-order chi connectivity index (χ1) is 9.63. The zero-order chi connectivity index (χ0) is 14.5. The molecule has 6 heteroatoms. The zero-order valence-electron chi connectivity index (χ0n) is 12.4. The molecule has 114 valence electrons. The quantitative estimate of drug-likeness (QED) is 0.679. The van der Waals surface area contributed by atoms with Crippen molar-refractivity contribution in [3.63, 3.8) is 0 Å². The third-order valence-corrected chi connectivity index (χ3v) is 4.13. The summed E-state index contributed by atoms with van der Waals surface area (Å²) in [5.41, 5.74) is 0. The van der Waals surface area contributed by atoms with Crippen LogP contribution < -0.4 is 5.32 Å².